The van der Waals surface area contributed by atoms with Crippen LogP contribution in [-0.2, 0) is 9.53 Å². The molecule has 3 rings (SSSR count). The summed E-state index contributed by atoms with van der Waals surface area (Å²) in [5.41, 5.74) is 0. The van der Waals surface area contributed by atoms with Crippen LogP contribution >= 0.6 is 0 Å². The van der Waals surface area contributed by atoms with Crippen LogP contribution in [-0.4, -0.2) is 67.4 Å². The summed E-state index contributed by atoms with van der Waals surface area (Å²) in [6.07, 6.45) is 3.33. The summed E-state index contributed by atoms with van der Waals surface area (Å²) in [5, 5.41) is 3.16. The van der Waals surface area contributed by atoms with E-state index in [0.29, 0.717) is 19.0 Å². The van der Waals surface area contributed by atoms with Gasteiger partial charge in [-0.2, -0.15) is 9.97 Å². The summed E-state index contributed by atoms with van der Waals surface area (Å²) >= 11 is 0. The molecule has 2 saturated heterocycles. The maximum atomic E-state index is 12.5. The van der Waals surface area contributed by atoms with Gasteiger partial charge < -0.3 is 24.4 Å². The van der Waals surface area contributed by atoms with Crippen LogP contribution in [0.3, 0.4) is 0 Å². The summed E-state index contributed by atoms with van der Waals surface area (Å²) in [6.45, 7) is 2.88. The molecular formula is C16H25N5O4. The number of ether oxygens (including phenoxy) is 3. The highest BCUT2D eigenvalue weighted by Gasteiger charge is 2.28. The van der Waals surface area contributed by atoms with Gasteiger partial charge in [0.15, 0.2) is 0 Å². The van der Waals surface area contributed by atoms with Crippen molar-refractivity contribution in [2.75, 3.05) is 45.4 Å². The molecule has 2 aliphatic rings. The first kappa shape index (κ1) is 17.7. The van der Waals surface area contributed by atoms with Gasteiger partial charge in [0.25, 0.3) is 0 Å². The number of carbonyl (C=O) groups is 1. The highest BCUT2D eigenvalue weighted by molar-refractivity contribution is 5.79. The number of hydrogen-bond donors (Lipinski definition) is 1. The van der Waals surface area contributed by atoms with Crippen molar-refractivity contribution in [1.29, 1.82) is 0 Å². The van der Waals surface area contributed by atoms with Gasteiger partial charge in [-0.1, -0.05) is 0 Å². The molecule has 3 heterocycles. The standard InChI is InChI=1S/C16H25N5O4/c1-23-15-18-14(19-16(20-15)24-2)21-7-3-11(4-8-21)13(22)17-12-5-9-25-10-6-12/h11-12H,3-10H2,1-2H3,(H,17,22). The van der Waals surface area contributed by atoms with Crippen LogP contribution in [0.2, 0.25) is 0 Å². The molecule has 0 bridgehead atoms. The van der Waals surface area contributed by atoms with Crippen LogP contribution in [0.4, 0.5) is 5.95 Å². The van der Waals surface area contributed by atoms with Crippen molar-refractivity contribution < 1.29 is 19.0 Å². The normalized spacial score (nSPS) is 19.5. The van der Waals surface area contributed by atoms with Crippen molar-refractivity contribution in [3.8, 4) is 12.0 Å². The van der Waals surface area contributed by atoms with Crippen LogP contribution < -0.4 is 19.7 Å². The van der Waals surface area contributed by atoms with Gasteiger partial charge in [0.05, 0.1) is 14.2 Å². The van der Waals surface area contributed by atoms with E-state index >= 15 is 0 Å². The number of hydrogen-bond acceptors (Lipinski definition) is 8. The lowest BCUT2D eigenvalue weighted by Gasteiger charge is -2.32. The Labute approximate surface area is 147 Å². The topological polar surface area (TPSA) is 98.7 Å². The molecule has 1 aromatic heterocycles. The van der Waals surface area contributed by atoms with E-state index in [1.54, 1.807) is 0 Å². The zero-order valence-corrected chi connectivity index (χ0v) is 14.7. The van der Waals surface area contributed by atoms with Crippen LogP contribution in [0.25, 0.3) is 0 Å². The Morgan fingerprint density at radius 2 is 1.64 bits per heavy atom. The first-order valence-electron chi connectivity index (χ1n) is 8.66. The molecule has 0 aromatic carbocycles. The quantitative estimate of drug-likeness (QED) is 0.814. The van der Waals surface area contributed by atoms with E-state index in [9.17, 15) is 4.79 Å². The van der Waals surface area contributed by atoms with E-state index in [1.807, 2.05) is 4.90 Å². The minimum absolute atomic E-state index is 0.0322. The minimum Gasteiger partial charge on any atom is -0.467 e. The number of nitrogens with one attached hydrogen (secondary N) is 1. The molecule has 2 fully saturated rings. The van der Waals surface area contributed by atoms with Gasteiger partial charge in [-0.25, -0.2) is 0 Å². The molecule has 9 heteroatoms. The first-order chi connectivity index (χ1) is 12.2. The molecule has 0 aliphatic carbocycles. The SMILES string of the molecule is COc1nc(OC)nc(N2CCC(C(=O)NC3CCOCC3)CC2)n1. The Kier molecular flexibility index (Phi) is 5.85. The molecule has 0 radical (unpaired) electrons. The van der Waals surface area contributed by atoms with E-state index in [-0.39, 0.29) is 29.9 Å². The number of anilines is 1. The van der Waals surface area contributed by atoms with E-state index in [1.165, 1.54) is 14.2 Å². The third kappa shape index (κ3) is 4.47. The molecule has 0 spiro atoms. The summed E-state index contributed by atoms with van der Waals surface area (Å²) in [4.78, 5) is 27.0. The monoisotopic (exact) mass is 351 g/mol. The second-order valence-electron chi connectivity index (χ2n) is 6.27. The summed E-state index contributed by atoms with van der Waals surface area (Å²) < 4.78 is 15.5. The average Bonchev–Trinajstić information content (AvgIpc) is 2.68. The second kappa shape index (κ2) is 8.28. The van der Waals surface area contributed by atoms with Gasteiger partial charge >= 0.3 is 12.0 Å². The van der Waals surface area contributed by atoms with E-state index < -0.39 is 0 Å². The number of carbonyl (C=O) groups excluding carboxylic acids is 1. The lowest BCUT2D eigenvalue weighted by molar-refractivity contribution is -0.126. The molecule has 2 aliphatic heterocycles. The predicted molar refractivity (Wildman–Crippen MR) is 89.9 cm³/mol. The number of rotatable bonds is 5. The van der Waals surface area contributed by atoms with E-state index in [4.69, 9.17) is 14.2 Å². The Morgan fingerprint density at radius 1 is 1.04 bits per heavy atom. The van der Waals surface area contributed by atoms with Gasteiger partial charge in [-0.05, 0) is 25.7 Å². The minimum atomic E-state index is 0.0322. The van der Waals surface area contributed by atoms with Gasteiger partial charge in [0.2, 0.25) is 11.9 Å². The molecule has 0 saturated carbocycles. The molecule has 0 unspecified atom stereocenters. The maximum absolute atomic E-state index is 12.5. The summed E-state index contributed by atoms with van der Waals surface area (Å²) in [7, 11) is 3.01. The number of aromatic nitrogens is 3. The molecule has 25 heavy (non-hydrogen) atoms. The fourth-order valence-electron chi connectivity index (χ4n) is 3.15. The maximum Gasteiger partial charge on any atom is 0.324 e. The molecule has 1 N–H and O–H groups in total. The van der Waals surface area contributed by atoms with Crippen molar-refractivity contribution in [1.82, 2.24) is 20.3 Å². The lowest BCUT2D eigenvalue weighted by atomic mass is 9.95. The van der Waals surface area contributed by atoms with Gasteiger partial charge in [0.1, 0.15) is 0 Å². The van der Waals surface area contributed by atoms with Crippen molar-refractivity contribution in [3.05, 3.63) is 0 Å². The third-order valence-corrected chi connectivity index (χ3v) is 4.66. The Bertz CT molecular complexity index is 564. The van der Waals surface area contributed by atoms with Crippen molar-refractivity contribution in [2.45, 2.75) is 31.7 Å². The number of nitrogens with zero attached hydrogens (tertiary/aromatic N) is 4. The van der Waals surface area contributed by atoms with Gasteiger partial charge in [-0.15, -0.1) is 4.98 Å². The molecule has 1 amide bonds. The number of piperidine rings is 1. The highest BCUT2D eigenvalue weighted by atomic mass is 16.5. The summed E-state index contributed by atoms with van der Waals surface area (Å²) in [6, 6.07) is 0.693. The summed E-state index contributed by atoms with van der Waals surface area (Å²) in [5.74, 6) is 0.703. The van der Waals surface area contributed by atoms with Gasteiger partial charge in [0, 0.05) is 38.3 Å². The van der Waals surface area contributed by atoms with Crippen LogP contribution in [0.5, 0.6) is 12.0 Å². The average molecular weight is 351 g/mol. The Balaban J connectivity index is 1.55. The first-order valence-corrected chi connectivity index (χ1v) is 8.66. The molecule has 0 atom stereocenters. The Morgan fingerprint density at radius 3 is 2.20 bits per heavy atom. The lowest BCUT2D eigenvalue weighted by Crippen LogP contribution is -2.45. The van der Waals surface area contributed by atoms with Gasteiger partial charge in [-0.3, -0.25) is 4.79 Å². The zero-order chi connectivity index (χ0) is 17.6. The fraction of sp³-hybridized carbons (Fsp3) is 0.750. The zero-order valence-electron chi connectivity index (χ0n) is 14.7. The largest absolute Gasteiger partial charge is 0.467 e. The third-order valence-electron chi connectivity index (χ3n) is 4.66. The molecule has 9 nitrogen and oxygen atoms in total. The van der Waals surface area contributed by atoms with Crippen LogP contribution in [0.1, 0.15) is 25.7 Å². The Hall–Kier alpha value is -2.16. The highest BCUT2D eigenvalue weighted by Crippen LogP contribution is 2.23. The predicted octanol–water partition coefficient (Wildman–Crippen LogP) is 0.400. The molecule has 1 aromatic rings. The van der Waals surface area contributed by atoms with Crippen molar-refractivity contribution >= 4 is 11.9 Å². The van der Waals surface area contributed by atoms with Crippen molar-refractivity contribution in [3.63, 3.8) is 0 Å². The van der Waals surface area contributed by atoms with E-state index in [0.717, 1.165) is 38.9 Å². The van der Waals surface area contributed by atoms with Crippen LogP contribution in [0, 0.1) is 5.92 Å². The smallest absolute Gasteiger partial charge is 0.324 e. The number of amides is 1. The second-order valence-corrected chi connectivity index (χ2v) is 6.27. The van der Waals surface area contributed by atoms with Crippen molar-refractivity contribution in [2.24, 2.45) is 5.92 Å². The molecule has 138 valence electrons. The number of methoxy groups -OCH3 is 2. The fourth-order valence-corrected chi connectivity index (χ4v) is 3.15. The van der Waals surface area contributed by atoms with E-state index in [2.05, 4.69) is 20.3 Å². The molecular weight excluding hydrogens is 326 g/mol. The van der Waals surface area contributed by atoms with Crippen LogP contribution in [0.15, 0.2) is 0 Å².